The minimum Gasteiger partial charge on any atom is -0.679 e. The van der Waals surface area contributed by atoms with Crippen LogP contribution in [0.4, 0.5) is 5.69 Å². The molecule has 40 heavy (non-hydrogen) atoms. The van der Waals surface area contributed by atoms with Crippen molar-refractivity contribution in [1.29, 1.82) is 0 Å². The maximum atomic E-state index is 5.01. The van der Waals surface area contributed by atoms with Crippen LogP contribution in [-0.2, 0) is 32.7 Å². The van der Waals surface area contributed by atoms with Gasteiger partial charge in [-0.25, -0.2) is 0 Å². The summed E-state index contributed by atoms with van der Waals surface area (Å²) in [5, 5.41) is 5.01. The Morgan fingerprint density at radius 2 is 1.27 bits per heavy atom. The second kappa shape index (κ2) is 17.8. The SMILES string of the molecule is CC(C)c1cccc(C(C)C)c1[N-]Cc1cccc(C2[CH-]CCC2)n1.[CH2-]c1ccccc1.[CH2-]c1ccccc1.[Zr+3]. The van der Waals surface area contributed by atoms with Crippen LogP contribution in [0.25, 0.3) is 5.32 Å². The Hall–Kier alpha value is -2.77. The molecule has 1 saturated carbocycles. The number of aromatic nitrogens is 1. The minimum atomic E-state index is 0. The number of para-hydroxylation sites is 1. The summed E-state index contributed by atoms with van der Waals surface area (Å²) in [6.45, 7) is 17.1. The summed E-state index contributed by atoms with van der Waals surface area (Å²) in [7, 11) is 0. The smallest absolute Gasteiger partial charge is 0.679 e. The third-order valence-electron chi connectivity index (χ3n) is 6.81. The van der Waals surface area contributed by atoms with Gasteiger partial charge in [0.2, 0.25) is 0 Å². The molecule has 207 valence electrons. The first kappa shape index (κ1) is 33.4. The fourth-order valence-corrected chi connectivity index (χ4v) is 4.65. The van der Waals surface area contributed by atoms with Crippen LogP contribution >= 0.6 is 0 Å². The summed E-state index contributed by atoms with van der Waals surface area (Å²) in [5.41, 5.74) is 8.28. The van der Waals surface area contributed by atoms with Crippen molar-refractivity contribution in [2.24, 2.45) is 0 Å². The number of hydrogen-bond donors (Lipinski definition) is 0. The molecule has 2 nitrogen and oxygen atoms in total. The molecule has 1 unspecified atom stereocenters. The van der Waals surface area contributed by atoms with Crippen LogP contribution in [0.15, 0.2) is 97.1 Å². The van der Waals surface area contributed by atoms with Gasteiger partial charge in [0.15, 0.2) is 0 Å². The molecule has 1 atom stereocenters. The monoisotopic (exact) mass is 606 g/mol. The molecule has 5 rings (SSSR count). The second-order valence-corrected chi connectivity index (χ2v) is 10.7. The van der Waals surface area contributed by atoms with E-state index >= 15 is 0 Å². The van der Waals surface area contributed by atoms with Crippen molar-refractivity contribution in [2.45, 2.75) is 71.3 Å². The third-order valence-corrected chi connectivity index (χ3v) is 6.81. The normalized spacial score (nSPS) is 13.9. The van der Waals surface area contributed by atoms with Gasteiger partial charge in [-0.1, -0.05) is 94.6 Å². The summed E-state index contributed by atoms with van der Waals surface area (Å²) in [5.74, 6) is 1.49. The predicted octanol–water partition coefficient (Wildman–Crippen LogP) is 10.7. The Kier molecular flexibility index (Phi) is 14.9. The van der Waals surface area contributed by atoms with Crippen molar-refractivity contribution < 1.29 is 26.2 Å². The Bertz CT molecular complexity index is 1170. The van der Waals surface area contributed by atoms with Gasteiger partial charge >= 0.3 is 26.2 Å². The molecule has 4 aromatic rings. The van der Waals surface area contributed by atoms with Gasteiger partial charge in [0.1, 0.15) is 0 Å². The van der Waals surface area contributed by atoms with Crippen LogP contribution in [0.5, 0.6) is 0 Å². The van der Waals surface area contributed by atoms with Crippen molar-refractivity contribution in [1.82, 2.24) is 4.98 Å². The summed E-state index contributed by atoms with van der Waals surface area (Å²) in [4.78, 5) is 4.89. The molecule has 1 heterocycles. The van der Waals surface area contributed by atoms with E-state index in [1.807, 2.05) is 60.7 Å². The predicted molar refractivity (Wildman–Crippen MR) is 168 cm³/mol. The zero-order valence-corrected chi connectivity index (χ0v) is 27.1. The molecule has 0 N–H and O–H groups in total. The second-order valence-electron chi connectivity index (χ2n) is 10.7. The largest absolute Gasteiger partial charge is 3.00 e. The van der Waals surface area contributed by atoms with Crippen molar-refractivity contribution in [3.8, 4) is 0 Å². The van der Waals surface area contributed by atoms with Crippen molar-refractivity contribution in [3.63, 3.8) is 0 Å². The summed E-state index contributed by atoms with van der Waals surface area (Å²) in [6, 6.07) is 32.8. The summed E-state index contributed by atoms with van der Waals surface area (Å²) in [6.07, 6.45) is 6.16. The van der Waals surface area contributed by atoms with E-state index in [0.717, 1.165) is 16.8 Å². The molecule has 0 bridgehead atoms. The summed E-state index contributed by atoms with van der Waals surface area (Å²) < 4.78 is 0. The standard InChI is InChI=1S/C23H30N2.2C7H7.Zr/c1-16(2)20-12-8-13-21(17(3)4)23(20)24-15-19-11-7-14-22(25-19)18-9-5-6-10-18;2*1-7-5-3-2-4-6-7;/h7-9,11-14,16-18H,5-6,10,15H2,1-4H3;2*2-6H,1H2;/q-2;2*-1;+3. The van der Waals surface area contributed by atoms with Crippen LogP contribution < -0.4 is 0 Å². The number of rotatable bonds is 6. The molecule has 3 aromatic carbocycles. The van der Waals surface area contributed by atoms with E-state index in [1.54, 1.807) is 0 Å². The first-order valence-corrected chi connectivity index (χ1v) is 14.2. The number of hydrogen-bond acceptors (Lipinski definition) is 1. The average molecular weight is 608 g/mol. The Morgan fingerprint density at radius 1 is 0.750 bits per heavy atom. The fraction of sp³-hybridized carbons (Fsp3) is 0.297. The van der Waals surface area contributed by atoms with Crippen LogP contribution in [-0.4, -0.2) is 4.98 Å². The van der Waals surface area contributed by atoms with E-state index in [2.05, 4.69) is 84.4 Å². The Labute approximate surface area is 263 Å². The molecule has 0 amide bonds. The maximum absolute atomic E-state index is 5.01. The van der Waals surface area contributed by atoms with Gasteiger partial charge in [0, 0.05) is 11.4 Å². The molecule has 1 aliphatic carbocycles. The van der Waals surface area contributed by atoms with Gasteiger partial charge in [-0.3, -0.25) is 4.98 Å². The molecule has 1 radical (unpaired) electrons. The minimum absolute atomic E-state index is 0. The molecular weight excluding hydrogens is 564 g/mol. The van der Waals surface area contributed by atoms with Crippen molar-refractivity contribution in [2.75, 3.05) is 0 Å². The quantitative estimate of drug-likeness (QED) is 0.200. The number of benzene rings is 3. The van der Waals surface area contributed by atoms with Gasteiger partial charge < -0.3 is 11.7 Å². The van der Waals surface area contributed by atoms with Crippen LogP contribution in [0, 0.1) is 20.3 Å². The molecule has 0 spiro atoms. The van der Waals surface area contributed by atoms with Gasteiger partial charge in [0.25, 0.3) is 0 Å². The molecule has 1 aliphatic rings. The first-order chi connectivity index (χ1) is 18.8. The van der Waals surface area contributed by atoms with Crippen LogP contribution in [0.2, 0.25) is 0 Å². The fourth-order valence-electron chi connectivity index (χ4n) is 4.65. The van der Waals surface area contributed by atoms with E-state index in [4.69, 9.17) is 10.3 Å². The average Bonchev–Trinajstić information content (AvgIpc) is 3.49. The third kappa shape index (κ3) is 11.0. The van der Waals surface area contributed by atoms with E-state index in [1.165, 1.54) is 41.8 Å². The van der Waals surface area contributed by atoms with Crippen LogP contribution in [0.1, 0.15) is 98.4 Å². The molecule has 0 aliphatic heterocycles. The van der Waals surface area contributed by atoms with Gasteiger partial charge in [-0.15, -0.1) is 35.9 Å². The summed E-state index contributed by atoms with van der Waals surface area (Å²) >= 11 is 0. The Balaban J connectivity index is 0.000000304. The van der Waals surface area contributed by atoms with E-state index in [-0.39, 0.29) is 26.2 Å². The number of nitrogens with zero attached hydrogens (tertiary/aromatic N) is 2. The Morgan fingerprint density at radius 3 is 1.70 bits per heavy atom. The zero-order valence-electron chi connectivity index (χ0n) is 24.7. The first-order valence-electron chi connectivity index (χ1n) is 14.2. The maximum Gasteiger partial charge on any atom is 3.00 e. The van der Waals surface area contributed by atoms with Gasteiger partial charge in [-0.05, 0) is 24.0 Å². The molecule has 3 heteroatoms. The number of pyridine rings is 1. The van der Waals surface area contributed by atoms with Gasteiger partial charge in [0.05, 0.1) is 0 Å². The molecule has 1 fully saturated rings. The zero-order chi connectivity index (χ0) is 28.0. The van der Waals surface area contributed by atoms with E-state index in [9.17, 15) is 0 Å². The molecule has 1 aromatic heterocycles. The molecular formula is C37H44N2Zr-. The van der Waals surface area contributed by atoms with Crippen molar-refractivity contribution in [3.05, 3.63) is 156 Å². The molecule has 0 saturated heterocycles. The van der Waals surface area contributed by atoms with E-state index < -0.39 is 0 Å². The topological polar surface area (TPSA) is 27.0 Å². The van der Waals surface area contributed by atoms with E-state index in [0.29, 0.717) is 24.3 Å². The van der Waals surface area contributed by atoms with Gasteiger partial charge in [-0.2, -0.15) is 55.7 Å². The van der Waals surface area contributed by atoms with Crippen LogP contribution in [0.3, 0.4) is 0 Å². The van der Waals surface area contributed by atoms with Crippen molar-refractivity contribution >= 4 is 5.69 Å².